The molecule has 0 aromatic heterocycles. The van der Waals surface area contributed by atoms with Gasteiger partial charge in [-0.05, 0) is 61.8 Å². The third-order valence-corrected chi connectivity index (χ3v) is 5.65. The fourth-order valence-corrected chi connectivity index (χ4v) is 4.12. The van der Waals surface area contributed by atoms with E-state index in [1.54, 1.807) is 12.1 Å². The first-order chi connectivity index (χ1) is 12.5. The van der Waals surface area contributed by atoms with E-state index in [4.69, 9.17) is 28.2 Å². The van der Waals surface area contributed by atoms with Crippen LogP contribution in [0.2, 0.25) is 10.0 Å². The molecule has 4 rings (SSSR count). The molecule has 1 spiro atoms. The predicted octanol–water partition coefficient (Wildman–Crippen LogP) is 4.30. The number of rotatable bonds is 2. The zero-order valence-corrected chi connectivity index (χ0v) is 15.8. The van der Waals surface area contributed by atoms with Gasteiger partial charge >= 0.3 is 0 Å². The van der Waals surface area contributed by atoms with Crippen molar-refractivity contribution in [3.63, 3.8) is 0 Å². The number of hydrogen-bond acceptors (Lipinski definition) is 4. The van der Waals surface area contributed by atoms with Gasteiger partial charge in [0.05, 0.1) is 0 Å². The molecule has 2 aromatic carbocycles. The van der Waals surface area contributed by atoms with Gasteiger partial charge in [0.15, 0.2) is 0 Å². The van der Waals surface area contributed by atoms with Crippen LogP contribution in [-0.2, 0) is 0 Å². The second-order valence-electron chi connectivity index (χ2n) is 6.95. The molecule has 2 aliphatic heterocycles. The molecule has 0 amide bonds. The monoisotopic (exact) mass is 389 g/mol. The molecule has 2 aromatic rings. The van der Waals surface area contributed by atoms with Crippen molar-refractivity contribution >= 4 is 28.9 Å². The molecule has 1 fully saturated rings. The minimum atomic E-state index is -0.322. The van der Waals surface area contributed by atoms with Gasteiger partial charge < -0.3 is 10.4 Å². The van der Waals surface area contributed by atoms with Crippen molar-refractivity contribution < 1.29 is 5.11 Å². The van der Waals surface area contributed by atoms with E-state index >= 15 is 0 Å². The lowest BCUT2D eigenvalue weighted by Crippen LogP contribution is -2.55. The summed E-state index contributed by atoms with van der Waals surface area (Å²) in [5, 5.41) is 18.8. The van der Waals surface area contributed by atoms with Crippen LogP contribution < -0.4 is 10.6 Å². The Morgan fingerprint density at radius 2 is 1.69 bits per heavy atom. The number of phenolic OH excluding ortho intramolecular Hbond substituents is 1. The van der Waals surface area contributed by atoms with Gasteiger partial charge in [0, 0.05) is 33.8 Å². The fraction of sp³-hybridized carbons (Fsp3) is 0.350. The third-order valence-electron chi connectivity index (χ3n) is 5.16. The summed E-state index contributed by atoms with van der Waals surface area (Å²) in [6.07, 6.45) is 2.49. The first-order valence-corrected chi connectivity index (χ1v) is 9.62. The summed E-state index contributed by atoms with van der Waals surface area (Å²) in [5.41, 5.74) is 2.60. The molecular weight excluding hydrogens is 369 g/mol. The Kier molecular flexibility index (Phi) is 4.93. The van der Waals surface area contributed by atoms with Crippen LogP contribution in [0.15, 0.2) is 47.5 Å². The van der Waals surface area contributed by atoms with Crippen molar-refractivity contribution in [2.75, 3.05) is 13.1 Å². The van der Waals surface area contributed by atoms with Crippen LogP contribution in [0, 0.1) is 0 Å². The summed E-state index contributed by atoms with van der Waals surface area (Å²) in [5.74, 6) is 0.258. The topological polar surface area (TPSA) is 56.7 Å². The molecule has 4 nitrogen and oxygen atoms in total. The number of benzene rings is 2. The van der Waals surface area contributed by atoms with Crippen molar-refractivity contribution in [3.05, 3.63) is 63.6 Å². The Morgan fingerprint density at radius 3 is 2.42 bits per heavy atom. The van der Waals surface area contributed by atoms with E-state index in [2.05, 4.69) is 10.6 Å². The fourth-order valence-electron chi connectivity index (χ4n) is 3.82. The standard InChI is InChI=1S/C20H21Cl2N3O/c21-14-3-1-13(2-4-14)17-12-18(16-11-15(22)5-6-19(16)26)25-20(24-17)7-9-23-10-8-20/h1-6,11,18,23,25-26H,7-10,12H2/t18-/m0/s1. The molecule has 1 saturated heterocycles. The first kappa shape index (κ1) is 17.8. The van der Waals surface area contributed by atoms with E-state index < -0.39 is 0 Å². The summed E-state index contributed by atoms with van der Waals surface area (Å²) in [6, 6.07) is 13.0. The van der Waals surface area contributed by atoms with Gasteiger partial charge in [-0.3, -0.25) is 10.3 Å². The van der Waals surface area contributed by atoms with Gasteiger partial charge in [0.1, 0.15) is 11.4 Å². The second-order valence-corrected chi connectivity index (χ2v) is 7.82. The van der Waals surface area contributed by atoms with E-state index in [9.17, 15) is 5.11 Å². The first-order valence-electron chi connectivity index (χ1n) is 8.86. The van der Waals surface area contributed by atoms with Crippen LogP contribution in [0.1, 0.15) is 36.4 Å². The molecule has 26 heavy (non-hydrogen) atoms. The zero-order valence-electron chi connectivity index (χ0n) is 14.3. The highest BCUT2D eigenvalue weighted by Gasteiger charge is 2.39. The smallest absolute Gasteiger partial charge is 0.120 e. The van der Waals surface area contributed by atoms with E-state index in [0.717, 1.165) is 42.8 Å². The third kappa shape index (κ3) is 3.60. The van der Waals surface area contributed by atoms with Gasteiger partial charge in [-0.1, -0.05) is 35.3 Å². The van der Waals surface area contributed by atoms with E-state index in [0.29, 0.717) is 16.5 Å². The minimum absolute atomic E-state index is 0.0463. The molecule has 0 aliphatic carbocycles. The Bertz CT molecular complexity index is 829. The summed E-state index contributed by atoms with van der Waals surface area (Å²) in [6.45, 7) is 1.83. The van der Waals surface area contributed by atoms with Crippen LogP contribution in [0.4, 0.5) is 0 Å². The Balaban J connectivity index is 1.75. The van der Waals surface area contributed by atoms with Gasteiger partial charge in [-0.15, -0.1) is 0 Å². The largest absolute Gasteiger partial charge is 0.508 e. The summed E-state index contributed by atoms with van der Waals surface area (Å²) >= 11 is 12.2. The molecule has 2 aliphatic rings. The number of nitrogens with zero attached hydrogens (tertiary/aromatic N) is 1. The number of phenols is 1. The van der Waals surface area contributed by atoms with Crippen LogP contribution in [0.25, 0.3) is 0 Å². The highest BCUT2D eigenvalue weighted by molar-refractivity contribution is 6.31. The molecule has 0 saturated carbocycles. The van der Waals surface area contributed by atoms with Crippen LogP contribution >= 0.6 is 23.2 Å². The maximum Gasteiger partial charge on any atom is 0.120 e. The lowest BCUT2D eigenvalue weighted by molar-refractivity contribution is 0.216. The Hall–Kier alpha value is -1.59. The number of aromatic hydroxyl groups is 1. The molecule has 3 N–H and O–H groups in total. The molecule has 2 heterocycles. The van der Waals surface area contributed by atoms with Crippen molar-refractivity contribution in [1.29, 1.82) is 0 Å². The molecule has 1 atom stereocenters. The highest BCUT2D eigenvalue weighted by Crippen LogP contribution is 2.37. The lowest BCUT2D eigenvalue weighted by atomic mass is 9.88. The highest BCUT2D eigenvalue weighted by atomic mass is 35.5. The van der Waals surface area contributed by atoms with Crippen molar-refractivity contribution in [3.8, 4) is 5.75 Å². The maximum atomic E-state index is 10.4. The van der Waals surface area contributed by atoms with E-state index in [1.807, 2.05) is 30.3 Å². The zero-order chi connectivity index (χ0) is 18.1. The average Bonchev–Trinajstić information content (AvgIpc) is 2.64. The number of nitrogens with one attached hydrogen (secondary N) is 2. The van der Waals surface area contributed by atoms with Crippen LogP contribution in [0.5, 0.6) is 5.75 Å². The van der Waals surface area contributed by atoms with Crippen LogP contribution in [0.3, 0.4) is 0 Å². The number of hydrogen-bond donors (Lipinski definition) is 3. The Morgan fingerprint density at radius 1 is 1.00 bits per heavy atom. The predicted molar refractivity (Wildman–Crippen MR) is 106 cm³/mol. The van der Waals surface area contributed by atoms with E-state index in [-0.39, 0.29) is 17.5 Å². The SMILES string of the molecule is Oc1ccc(Cl)cc1[C@@H]1CC(c2ccc(Cl)cc2)=NC2(CCNCC2)N1. The normalized spacial score (nSPS) is 22.2. The summed E-state index contributed by atoms with van der Waals surface area (Å²) in [4.78, 5) is 5.11. The quantitative estimate of drug-likeness (QED) is 0.717. The van der Waals surface area contributed by atoms with Gasteiger partial charge in [-0.25, -0.2) is 0 Å². The van der Waals surface area contributed by atoms with Crippen molar-refractivity contribution in [1.82, 2.24) is 10.6 Å². The van der Waals surface area contributed by atoms with Gasteiger partial charge in [0.2, 0.25) is 0 Å². The number of piperidine rings is 1. The Labute approximate surface area is 163 Å². The lowest BCUT2D eigenvalue weighted by Gasteiger charge is -2.42. The van der Waals surface area contributed by atoms with Gasteiger partial charge in [-0.2, -0.15) is 0 Å². The maximum absolute atomic E-state index is 10.4. The average molecular weight is 390 g/mol. The molecule has 136 valence electrons. The number of aliphatic imine (C=N–C) groups is 1. The summed E-state index contributed by atoms with van der Waals surface area (Å²) < 4.78 is 0. The van der Waals surface area contributed by atoms with Crippen LogP contribution in [-0.4, -0.2) is 29.6 Å². The number of halogens is 2. The minimum Gasteiger partial charge on any atom is -0.508 e. The molecular formula is C20H21Cl2N3O. The summed E-state index contributed by atoms with van der Waals surface area (Å²) in [7, 11) is 0. The second kappa shape index (κ2) is 7.20. The molecule has 6 heteroatoms. The van der Waals surface area contributed by atoms with Crippen molar-refractivity contribution in [2.45, 2.75) is 31.0 Å². The molecule has 0 radical (unpaired) electrons. The van der Waals surface area contributed by atoms with Gasteiger partial charge in [0.25, 0.3) is 0 Å². The molecule has 0 bridgehead atoms. The van der Waals surface area contributed by atoms with E-state index in [1.165, 1.54) is 0 Å². The molecule has 0 unspecified atom stereocenters. The van der Waals surface area contributed by atoms with Crippen molar-refractivity contribution in [2.24, 2.45) is 4.99 Å².